The third-order valence-corrected chi connectivity index (χ3v) is 6.78. The largest absolute Gasteiger partial charge is 0.467 e. The van der Waals surface area contributed by atoms with E-state index in [1.807, 2.05) is 6.92 Å². The first-order valence-electron chi connectivity index (χ1n) is 8.87. The van der Waals surface area contributed by atoms with Gasteiger partial charge < -0.3 is 9.73 Å². The number of rotatable bonds is 6. The topological polar surface area (TPSA) is 106 Å². The summed E-state index contributed by atoms with van der Waals surface area (Å²) in [6, 6.07) is 7.18. The third kappa shape index (κ3) is 4.14. The van der Waals surface area contributed by atoms with Gasteiger partial charge in [-0.2, -0.15) is 4.31 Å². The SMILES string of the molecule is CC1CCN(S(=O)(=O)c2ccc(N[C@@H](C)c3ccco3)c([N+](=O)[O-])c2)CC1. The lowest BCUT2D eigenvalue weighted by molar-refractivity contribution is -0.384. The van der Waals surface area contributed by atoms with E-state index in [1.165, 1.54) is 22.7 Å². The first-order chi connectivity index (χ1) is 12.8. The Morgan fingerprint density at radius 1 is 1.30 bits per heavy atom. The molecule has 0 amide bonds. The summed E-state index contributed by atoms with van der Waals surface area (Å²) in [4.78, 5) is 10.9. The molecular formula is C18H23N3O5S. The van der Waals surface area contributed by atoms with Crippen molar-refractivity contribution in [1.82, 2.24) is 4.31 Å². The Morgan fingerprint density at radius 2 is 2.00 bits per heavy atom. The predicted octanol–water partition coefficient (Wildman–Crippen LogP) is 3.78. The van der Waals surface area contributed by atoms with Gasteiger partial charge in [0.05, 0.1) is 22.1 Å². The summed E-state index contributed by atoms with van der Waals surface area (Å²) in [5.41, 5.74) is -0.0324. The number of hydrogen-bond acceptors (Lipinski definition) is 6. The van der Waals surface area contributed by atoms with E-state index >= 15 is 0 Å². The van der Waals surface area contributed by atoms with Crippen molar-refractivity contribution in [3.05, 3.63) is 52.5 Å². The van der Waals surface area contributed by atoms with E-state index in [9.17, 15) is 18.5 Å². The number of benzene rings is 1. The maximum Gasteiger partial charge on any atom is 0.293 e. The van der Waals surface area contributed by atoms with Crippen LogP contribution in [0, 0.1) is 16.0 Å². The smallest absolute Gasteiger partial charge is 0.293 e. The number of piperidine rings is 1. The van der Waals surface area contributed by atoms with Crippen LogP contribution in [0.2, 0.25) is 0 Å². The molecule has 1 atom stereocenters. The highest BCUT2D eigenvalue weighted by Crippen LogP contribution is 2.32. The highest BCUT2D eigenvalue weighted by Gasteiger charge is 2.30. The second-order valence-corrected chi connectivity index (χ2v) is 8.84. The lowest BCUT2D eigenvalue weighted by Crippen LogP contribution is -2.37. The Morgan fingerprint density at radius 3 is 2.59 bits per heavy atom. The van der Waals surface area contributed by atoms with Crippen LogP contribution in [0.3, 0.4) is 0 Å². The van der Waals surface area contributed by atoms with Crippen LogP contribution in [0.5, 0.6) is 0 Å². The average Bonchev–Trinajstić information content (AvgIpc) is 3.17. The van der Waals surface area contributed by atoms with E-state index in [-0.39, 0.29) is 22.3 Å². The molecule has 9 heteroatoms. The average molecular weight is 393 g/mol. The van der Waals surface area contributed by atoms with Gasteiger partial charge >= 0.3 is 0 Å². The van der Waals surface area contributed by atoms with E-state index in [1.54, 1.807) is 12.1 Å². The minimum atomic E-state index is -3.75. The van der Waals surface area contributed by atoms with Crippen LogP contribution in [-0.2, 0) is 10.0 Å². The van der Waals surface area contributed by atoms with E-state index in [0.29, 0.717) is 24.8 Å². The van der Waals surface area contributed by atoms with Gasteiger partial charge in [0.2, 0.25) is 10.0 Å². The molecule has 1 aromatic carbocycles. The Hall–Kier alpha value is -2.39. The van der Waals surface area contributed by atoms with Crippen molar-refractivity contribution < 1.29 is 17.8 Å². The van der Waals surface area contributed by atoms with Crippen LogP contribution < -0.4 is 5.32 Å². The summed E-state index contributed by atoms with van der Waals surface area (Å²) in [5.74, 6) is 1.11. The summed E-state index contributed by atoms with van der Waals surface area (Å²) in [7, 11) is -3.75. The zero-order chi connectivity index (χ0) is 19.6. The van der Waals surface area contributed by atoms with Gasteiger partial charge in [-0.15, -0.1) is 0 Å². The Kier molecular flexibility index (Phi) is 5.52. The normalized spacial score (nSPS) is 17.6. The fourth-order valence-corrected chi connectivity index (χ4v) is 4.65. The summed E-state index contributed by atoms with van der Waals surface area (Å²) < 4.78 is 32.4. The second-order valence-electron chi connectivity index (χ2n) is 6.90. The Bertz CT molecular complexity index is 903. The number of nitrogens with zero attached hydrogens (tertiary/aromatic N) is 2. The lowest BCUT2D eigenvalue weighted by atomic mass is 10.0. The van der Waals surface area contributed by atoms with Gasteiger partial charge in [-0.3, -0.25) is 10.1 Å². The predicted molar refractivity (Wildman–Crippen MR) is 101 cm³/mol. The molecular weight excluding hydrogens is 370 g/mol. The number of nitro benzene ring substituents is 1. The van der Waals surface area contributed by atoms with Gasteiger partial charge in [-0.25, -0.2) is 8.42 Å². The van der Waals surface area contributed by atoms with Gasteiger partial charge in [0.1, 0.15) is 11.4 Å². The minimum Gasteiger partial charge on any atom is -0.467 e. The molecule has 0 spiro atoms. The summed E-state index contributed by atoms with van der Waals surface area (Å²) in [5, 5.41) is 14.5. The molecule has 146 valence electrons. The fraction of sp³-hybridized carbons (Fsp3) is 0.444. The van der Waals surface area contributed by atoms with E-state index < -0.39 is 14.9 Å². The molecule has 1 aliphatic rings. The van der Waals surface area contributed by atoms with E-state index in [2.05, 4.69) is 12.2 Å². The Balaban J connectivity index is 1.88. The van der Waals surface area contributed by atoms with Crippen molar-refractivity contribution >= 4 is 21.4 Å². The monoisotopic (exact) mass is 393 g/mol. The number of sulfonamides is 1. The molecule has 0 saturated carbocycles. The summed E-state index contributed by atoms with van der Waals surface area (Å²) in [6.07, 6.45) is 3.11. The number of furan rings is 1. The molecule has 1 fully saturated rings. The summed E-state index contributed by atoms with van der Waals surface area (Å²) >= 11 is 0. The van der Waals surface area contributed by atoms with Gasteiger partial charge in [0.25, 0.3) is 5.69 Å². The zero-order valence-corrected chi connectivity index (χ0v) is 16.1. The minimum absolute atomic E-state index is 0.0556. The van der Waals surface area contributed by atoms with Crippen LogP contribution >= 0.6 is 0 Å². The van der Waals surface area contributed by atoms with Crippen LogP contribution in [0.25, 0.3) is 0 Å². The summed E-state index contributed by atoms with van der Waals surface area (Å²) in [6.45, 7) is 4.78. The fourth-order valence-electron chi connectivity index (χ4n) is 3.16. The van der Waals surface area contributed by atoms with Crippen molar-refractivity contribution in [2.75, 3.05) is 18.4 Å². The molecule has 3 rings (SSSR count). The molecule has 2 heterocycles. The standard InChI is InChI=1S/C18H23N3O5S/c1-13-7-9-20(10-8-13)27(24,25)15-5-6-16(17(12-15)21(22)23)19-14(2)18-4-3-11-26-18/h3-6,11-14,19H,7-10H2,1-2H3/t14-/m0/s1. The van der Waals surface area contributed by atoms with Gasteiger partial charge in [0.15, 0.2) is 0 Å². The highest BCUT2D eigenvalue weighted by molar-refractivity contribution is 7.89. The Labute approximate surface area is 158 Å². The molecule has 0 aliphatic carbocycles. The third-order valence-electron chi connectivity index (χ3n) is 4.89. The van der Waals surface area contributed by atoms with E-state index in [4.69, 9.17) is 4.42 Å². The van der Waals surface area contributed by atoms with Crippen molar-refractivity contribution in [1.29, 1.82) is 0 Å². The van der Waals surface area contributed by atoms with Crippen LogP contribution in [-0.4, -0.2) is 30.7 Å². The number of hydrogen-bond donors (Lipinski definition) is 1. The first kappa shape index (κ1) is 19.4. The molecule has 27 heavy (non-hydrogen) atoms. The molecule has 0 bridgehead atoms. The molecule has 1 N–H and O–H groups in total. The number of nitro groups is 1. The maximum atomic E-state index is 12.9. The highest BCUT2D eigenvalue weighted by atomic mass is 32.2. The molecule has 0 unspecified atom stereocenters. The van der Waals surface area contributed by atoms with E-state index in [0.717, 1.165) is 18.9 Å². The molecule has 8 nitrogen and oxygen atoms in total. The number of anilines is 1. The van der Waals surface area contributed by atoms with Crippen LogP contribution in [0.1, 0.15) is 38.5 Å². The van der Waals surface area contributed by atoms with Crippen LogP contribution in [0.15, 0.2) is 45.9 Å². The van der Waals surface area contributed by atoms with Crippen molar-refractivity contribution in [2.45, 2.75) is 37.6 Å². The van der Waals surface area contributed by atoms with Gasteiger partial charge in [0, 0.05) is 19.2 Å². The van der Waals surface area contributed by atoms with Gasteiger partial charge in [-0.05, 0) is 49.9 Å². The second kappa shape index (κ2) is 7.69. The maximum absolute atomic E-state index is 12.9. The quantitative estimate of drug-likeness (QED) is 0.591. The molecule has 1 saturated heterocycles. The zero-order valence-electron chi connectivity index (χ0n) is 15.3. The van der Waals surface area contributed by atoms with Crippen molar-refractivity contribution in [2.24, 2.45) is 5.92 Å². The molecule has 2 aromatic rings. The number of nitrogens with one attached hydrogen (secondary N) is 1. The molecule has 0 radical (unpaired) electrons. The van der Waals surface area contributed by atoms with Crippen molar-refractivity contribution in [3.8, 4) is 0 Å². The molecule has 1 aromatic heterocycles. The lowest BCUT2D eigenvalue weighted by Gasteiger charge is -2.29. The van der Waals surface area contributed by atoms with Gasteiger partial charge in [-0.1, -0.05) is 6.92 Å². The van der Waals surface area contributed by atoms with Crippen molar-refractivity contribution in [3.63, 3.8) is 0 Å². The van der Waals surface area contributed by atoms with Crippen LogP contribution in [0.4, 0.5) is 11.4 Å². The molecule has 1 aliphatic heterocycles. The first-order valence-corrected chi connectivity index (χ1v) is 10.3.